The summed E-state index contributed by atoms with van der Waals surface area (Å²) in [5.41, 5.74) is 6.34. The van der Waals surface area contributed by atoms with Crippen LogP contribution in [0.4, 0.5) is 0 Å². The number of nitrogens with zero attached hydrogens (tertiary/aromatic N) is 4. The van der Waals surface area contributed by atoms with Crippen LogP contribution in [0.1, 0.15) is 44.5 Å². The SMILES string of the molecule is Cn1nnc(C(N)C2(C)CCCC2)n1. The van der Waals surface area contributed by atoms with E-state index in [0.29, 0.717) is 5.82 Å². The van der Waals surface area contributed by atoms with Crippen molar-refractivity contribution >= 4 is 0 Å². The summed E-state index contributed by atoms with van der Waals surface area (Å²) in [6.07, 6.45) is 4.88. The van der Waals surface area contributed by atoms with Crippen molar-refractivity contribution in [3.05, 3.63) is 5.82 Å². The van der Waals surface area contributed by atoms with E-state index in [1.807, 2.05) is 0 Å². The largest absolute Gasteiger partial charge is 0.321 e. The molecule has 0 radical (unpaired) electrons. The second-order valence-corrected chi connectivity index (χ2v) is 4.48. The standard InChI is InChI=1S/C9H17N5/c1-9(5-3-4-6-9)7(10)8-11-13-14(2)12-8/h7H,3-6,10H2,1-2H3. The topological polar surface area (TPSA) is 69.6 Å². The highest BCUT2D eigenvalue weighted by molar-refractivity contribution is 4.99. The van der Waals surface area contributed by atoms with E-state index in [1.165, 1.54) is 30.5 Å². The lowest BCUT2D eigenvalue weighted by atomic mass is 9.81. The number of rotatable bonds is 2. The highest BCUT2D eigenvalue weighted by Gasteiger charge is 2.37. The molecule has 2 rings (SSSR count). The Hall–Kier alpha value is -0.970. The van der Waals surface area contributed by atoms with Crippen LogP contribution in [0.15, 0.2) is 0 Å². The second kappa shape index (κ2) is 3.31. The van der Waals surface area contributed by atoms with Gasteiger partial charge in [-0.2, -0.15) is 4.80 Å². The molecule has 2 N–H and O–H groups in total. The average molecular weight is 195 g/mol. The molecule has 1 saturated carbocycles. The molecule has 0 spiro atoms. The Bertz CT molecular complexity index is 313. The molecule has 0 saturated heterocycles. The van der Waals surface area contributed by atoms with Crippen molar-refractivity contribution in [2.45, 2.75) is 38.6 Å². The molecule has 78 valence electrons. The maximum atomic E-state index is 6.17. The molecule has 1 aromatic heterocycles. The molecular formula is C9H17N5. The molecule has 1 fully saturated rings. The predicted octanol–water partition coefficient (Wildman–Crippen LogP) is 0.790. The van der Waals surface area contributed by atoms with Crippen LogP contribution in [0.3, 0.4) is 0 Å². The first-order chi connectivity index (χ1) is 6.62. The molecule has 0 aliphatic heterocycles. The summed E-state index contributed by atoms with van der Waals surface area (Å²) < 4.78 is 0. The molecule has 1 heterocycles. The van der Waals surface area contributed by atoms with E-state index in [4.69, 9.17) is 5.73 Å². The maximum absolute atomic E-state index is 6.17. The molecule has 1 aliphatic rings. The number of aryl methyl sites for hydroxylation is 1. The van der Waals surface area contributed by atoms with Gasteiger partial charge in [0.25, 0.3) is 0 Å². The highest BCUT2D eigenvalue weighted by Crippen LogP contribution is 2.44. The van der Waals surface area contributed by atoms with Crippen LogP contribution in [-0.4, -0.2) is 20.2 Å². The van der Waals surface area contributed by atoms with Crippen molar-refractivity contribution < 1.29 is 0 Å². The Morgan fingerprint density at radius 2 is 2.07 bits per heavy atom. The Labute approximate surface area is 83.7 Å². The minimum absolute atomic E-state index is 0.0706. The van der Waals surface area contributed by atoms with Gasteiger partial charge in [-0.15, -0.1) is 10.2 Å². The van der Waals surface area contributed by atoms with Crippen LogP contribution >= 0.6 is 0 Å². The zero-order valence-electron chi connectivity index (χ0n) is 8.77. The zero-order valence-corrected chi connectivity index (χ0v) is 8.77. The molecule has 0 aromatic carbocycles. The lowest BCUT2D eigenvalue weighted by Gasteiger charge is -2.28. The number of hydrogen-bond acceptors (Lipinski definition) is 4. The van der Waals surface area contributed by atoms with Crippen LogP contribution in [0.25, 0.3) is 0 Å². The van der Waals surface area contributed by atoms with Gasteiger partial charge >= 0.3 is 0 Å². The molecule has 0 amide bonds. The summed E-state index contributed by atoms with van der Waals surface area (Å²) in [6, 6.07) is -0.0706. The molecule has 0 bridgehead atoms. The molecule has 1 unspecified atom stereocenters. The third-order valence-electron chi connectivity index (χ3n) is 3.30. The monoisotopic (exact) mass is 195 g/mol. The maximum Gasteiger partial charge on any atom is 0.191 e. The zero-order chi connectivity index (χ0) is 10.2. The van der Waals surface area contributed by atoms with E-state index >= 15 is 0 Å². The van der Waals surface area contributed by atoms with Crippen molar-refractivity contribution in [3.8, 4) is 0 Å². The van der Waals surface area contributed by atoms with Gasteiger partial charge in [-0.1, -0.05) is 19.8 Å². The van der Waals surface area contributed by atoms with Gasteiger partial charge in [0.05, 0.1) is 13.1 Å². The minimum atomic E-state index is -0.0706. The fourth-order valence-electron chi connectivity index (χ4n) is 2.23. The van der Waals surface area contributed by atoms with Crippen molar-refractivity contribution in [2.75, 3.05) is 0 Å². The van der Waals surface area contributed by atoms with E-state index in [-0.39, 0.29) is 11.5 Å². The van der Waals surface area contributed by atoms with Gasteiger partial charge in [0.2, 0.25) is 0 Å². The van der Waals surface area contributed by atoms with Gasteiger partial charge in [-0.3, -0.25) is 0 Å². The fraction of sp³-hybridized carbons (Fsp3) is 0.889. The van der Waals surface area contributed by atoms with E-state index in [9.17, 15) is 0 Å². The summed E-state index contributed by atoms with van der Waals surface area (Å²) in [6.45, 7) is 2.22. The number of nitrogens with two attached hydrogens (primary N) is 1. The summed E-state index contributed by atoms with van der Waals surface area (Å²) in [4.78, 5) is 1.47. The van der Waals surface area contributed by atoms with Gasteiger partial charge in [0.15, 0.2) is 5.82 Å². The van der Waals surface area contributed by atoms with E-state index in [0.717, 1.165) is 0 Å². The summed E-state index contributed by atoms with van der Waals surface area (Å²) in [7, 11) is 1.76. The predicted molar refractivity (Wildman–Crippen MR) is 52.3 cm³/mol. The van der Waals surface area contributed by atoms with Gasteiger partial charge in [-0.05, 0) is 23.5 Å². The highest BCUT2D eigenvalue weighted by atomic mass is 15.6. The fourth-order valence-corrected chi connectivity index (χ4v) is 2.23. The van der Waals surface area contributed by atoms with Gasteiger partial charge in [0.1, 0.15) is 0 Å². The lowest BCUT2D eigenvalue weighted by Crippen LogP contribution is -2.30. The molecule has 1 aliphatic carbocycles. The van der Waals surface area contributed by atoms with Crippen LogP contribution in [0.2, 0.25) is 0 Å². The normalized spacial score (nSPS) is 22.5. The summed E-state index contributed by atoms with van der Waals surface area (Å²) in [5, 5.41) is 12.0. The number of hydrogen-bond donors (Lipinski definition) is 1. The Balaban J connectivity index is 2.18. The van der Waals surface area contributed by atoms with E-state index < -0.39 is 0 Å². The third kappa shape index (κ3) is 1.52. The average Bonchev–Trinajstić information content (AvgIpc) is 2.74. The van der Waals surface area contributed by atoms with E-state index in [1.54, 1.807) is 7.05 Å². The third-order valence-corrected chi connectivity index (χ3v) is 3.30. The lowest BCUT2D eigenvalue weighted by molar-refractivity contribution is 0.256. The Morgan fingerprint density at radius 3 is 2.57 bits per heavy atom. The van der Waals surface area contributed by atoms with Crippen LogP contribution in [0, 0.1) is 5.41 Å². The van der Waals surface area contributed by atoms with E-state index in [2.05, 4.69) is 22.3 Å². The molecule has 14 heavy (non-hydrogen) atoms. The van der Waals surface area contributed by atoms with Gasteiger partial charge in [-0.25, -0.2) is 0 Å². The van der Waals surface area contributed by atoms with Crippen LogP contribution in [-0.2, 0) is 7.05 Å². The molecule has 5 nitrogen and oxygen atoms in total. The molecule has 5 heteroatoms. The first-order valence-corrected chi connectivity index (χ1v) is 5.11. The van der Waals surface area contributed by atoms with Crippen molar-refractivity contribution in [1.29, 1.82) is 0 Å². The smallest absolute Gasteiger partial charge is 0.191 e. The summed E-state index contributed by atoms with van der Waals surface area (Å²) in [5.74, 6) is 0.678. The Morgan fingerprint density at radius 1 is 1.43 bits per heavy atom. The van der Waals surface area contributed by atoms with Crippen LogP contribution < -0.4 is 5.73 Å². The minimum Gasteiger partial charge on any atom is -0.321 e. The van der Waals surface area contributed by atoms with Crippen LogP contribution in [0.5, 0.6) is 0 Å². The molecule has 1 atom stereocenters. The second-order valence-electron chi connectivity index (χ2n) is 4.48. The van der Waals surface area contributed by atoms with Crippen molar-refractivity contribution in [3.63, 3.8) is 0 Å². The molecule has 1 aromatic rings. The van der Waals surface area contributed by atoms with Crippen molar-refractivity contribution in [1.82, 2.24) is 20.2 Å². The Kier molecular flexibility index (Phi) is 2.26. The van der Waals surface area contributed by atoms with Gasteiger partial charge in [0, 0.05) is 0 Å². The van der Waals surface area contributed by atoms with Gasteiger partial charge < -0.3 is 5.73 Å². The number of aromatic nitrogens is 4. The quantitative estimate of drug-likeness (QED) is 0.757. The first kappa shape index (κ1) is 9.58. The summed E-state index contributed by atoms with van der Waals surface area (Å²) >= 11 is 0. The van der Waals surface area contributed by atoms with Crippen molar-refractivity contribution in [2.24, 2.45) is 18.2 Å². The molecular weight excluding hydrogens is 178 g/mol. The first-order valence-electron chi connectivity index (χ1n) is 5.11. The number of tetrazole rings is 1.